The maximum Gasteiger partial charge on any atom is 0.251 e. The first kappa shape index (κ1) is 13.1. The van der Waals surface area contributed by atoms with Crippen molar-refractivity contribution < 1.29 is 4.79 Å². The molecular formula is C17H18N4O. The van der Waals surface area contributed by atoms with Gasteiger partial charge in [0.1, 0.15) is 0 Å². The molecular weight excluding hydrogens is 276 g/mol. The van der Waals surface area contributed by atoms with E-state index in [-0.39, 0.29) is 5.91 Å². The summed E-state index contributed by atoms with van der Waals surface area (Å²) < 4.78 is 0. The van der Waals surface area contributed by atoms with Gasteiger partial charge >= 0.3 is 0 Å². The van der Waals surface area contributed by atoms with Gasteiger partial charge in [-0.1, -0.05) is 12.8 Å². The van der Waals surface area contributed by atoms with Crippen LogP contribution in [0.1, 0.15) is 36.0 Å². The molecule has 5 nitrogen and oxygen atoms in total. The van der Waals surface area contributed by atoms with Gasteiger partial charge in [-0.15, -0.1) is 0 Å². The lowest BCUT2D eigenvalue weighted by Crippen LogP contribution is -2.32. The molecule has 112 valence electrons. The maximum absolute atomic E-state index is 12.3. The first-order chi connectivity index (χ1) is 10.8. The van der Waals surface area contributed by atoms with E-state index in [9.17, 15) is 4.79 Å². The molecule has 1 aliphatic carbocycles. The molecule has 3 aromatic rings. The summed E-state index contributed by atoms with van der Waals surface area (Å²) in [6.45, 7) is 0. The van der Waals surface area contributed by atoms with E-state index in [0.29, 0.717) is 6.04 Å². The Morgan fingerprint density at radius 2 is 2.00 bits per heavy atom. The number of carbonyl (C=O) groups is 1. The Kier molecular flexibility index (Phi) is 3.18. The smallest absolute Gasteiger partial charge is 0.251 e. The second kappa shape index (κ2) is 5.33. The minimum absolute atomic E-state index is 0.0260. The van der Waals surface area contributed by atoms with Gasteiger partial charge in [0.15, 0.2) is 0 Å². The number of amides is 1. The molecule has 0 unspecified atom stereocenters. The van der Waals surface area contributed by atoms with E-state index in [2.05, 4.69) is 20.5 Å². The van der Waals surface area contributed by atoms with E-state index in [1.807, 2.05) is 30.3 Å². The number of fused-ring (bicyclic) bond motifs is 1. The highest BCUT2D eigenvalue weighted by Gasteiger charge is 2.18. The molecule has 1 saturated carbocycles. The van der Waals surface area contributed by atoms with Gasteiger partial charge in [0.2, 0.25) is 0 Å². The van der Waals surface area contributed by atoms with Crippen LogP contribution in [0.5, 0.6) is 0 Å². The Labute approximate surface area is 128 Å². The van der Waals surface area contributed by atoms with Crippen LogP contribution in [0.3, 0.4) is 0 Å². The van der Waals surface area contributed by atoms with Crippen molar-refractivity contribution >= 4 is 16.8 Å². The molecule has 0 spiro atoms. The minimum atomic E-state index is 0.0260. The van der Waals surface area contributed by atoms with Gasteiger partial charge in [0.05, 0.1) is 11.4 Å². The Hall–Kier alpha value is -2.56. The van der Waals surface area contributed by atoms with Gasteiger partial charge in [-0.25, -0.2) is 0 Å². The fraction of sp³-hybridized carbons (Fsp3) is 0.294. The van der Waals surface area contributed by atoms with Crippen LogP contribution in [0.2, 0.25) is 0 Å². The van der Waals surface area contributed by atoms with Crippen molar-refractivity contribution in [3.05, 3.63) is 42.1 Å². The fourth-order valence-corrected chi connectivity index (χ4v) is 3.16. The van der Waals surface area contributed by atoms with Crippen LogP contribution in [0.25, 0.3) is 22.3 Å². The monoisotopic (exact) mass is 294 g/mol. The van der Waals surface area contributed by atoms with Crippen LogP contribution in [0.15, 0.2) is 36.5 Å². The molecule has 2 heterocycles. The number of carbonyl (C=O) groups excluding carboxylic acids is 1. The lowest BCUT2D eigenvalue weighted by molar-refractivity contribution is 0.0938. The molecule has 2 aromatic heterocycles. The van der Waals surface area contributed by atoms with E-state index in [1.54, 1.807) is 6.20 Å². The van der Waals surface area contributed by atoms with E-state index in [0.717, 1.165) is 40.7 Å². The van der Waals surface area contributed by atoms with Crippen LogP contribution in [-0.4, -0.2) is 27.1 Å². The molecule has 0 saturated heterocycles. The number of H-pyrrole nitrogens is 2. The summed E-state index contributed by atoms with van der Waals surface area (Å²) in [5.74, 6) is 0.0260. The molecule has 5 heteroatoms. The third kappa shape index (κ3) is 2.39. The molecule has 0 radical (unpaired) electrons. The number of benzene rings is 1. The molecule has 1 aliphatic rings. The van der Waals surface area contributed by atoms with Crippen LogP contribution < -0.4 is 5.32 Å². The standard InChI is InChI=1S/C17H18N4O/c22-17(19-13-3-1-2-4-13)11-5-6-14-12(9-11)10-16(20-14)15-7-8-18-21-15/h5-10,13,20H,1-4H2,(H,18,21)(H,19,22). The molecule has 0 aliphatic heterocycles. The minimum Gasteiger partial charge on any atom is -0.353 e. The number of aromatic amines is 2. The maximum atomic E-state index is 12.3. The number of aromatic nitrogens is 3. The SMILES string of the molecule is O=C(NC1CCCC1)c1ccc2[nH]c(-c3ccn[nH]3)cc2c1. The second-order valence-corrected chi connectivity index (χ2v) is 5.91. The molecule has 1 aromatic carbocycles. The van der Waals surface area contributed by atoms with Gasteiger partial charge in [-0.3, -0.25) is 9.89 Å². The highest BCUT2D eigenvalue weighted by atomic mass is 16.1. The molecule has 22 heavy (non-hydrogen) atoms. The zero-order chi connectivity index (χ0) is 14.9. The summed E-state index contributed by atoms with van der Waals surface area (Å²) in [6.07, 6.45) is 6.36. The van der Waals surface area contributed by atoms with Crippen molar-refractivity contribution in [2.45, 2.75) is 31.7 Å². The van der Waals surface area contributed by atoms with Crippen LogP contribution in [0.4, 0.5) is 0 Å². The number of nitrogens with zero attached hydrogens (tertiary/aromatic N) is 1. The quantitative estimate of drug-likeness (QED) is 0.694. The van der Waals surface area contributed by atoms with Gasteiger partial charge in [0, 0.05) is 28.7 Å². The second-order valence-electron chi connectivity index (χ2n) is 5.91. The molecule has 1 amide bonds. The summed E-state index contributed by atoms with van der Waals surface area (Å²) in [7, 11) is 0. The fourth-order valence-electron chi connectivity index (χ4n) is 3.16. The Morgan fingerprint density at radius 3 is 2.77 bits per heavy atom. The third-order valence-corrected chi connectivity index (χ3v) is 4.36. The van der Waals surface area contributed by atoms with Crippen molar-refractivity contribution in [2.75, 3.05) is 0 Å². The Bertz CT molecular complexity index is 797. The first-order valence-corrected chi connectivity index (χ1v) is 7.73. The van der Waals surface area contributed by atoms with Crippen molar-refractivity contribution in [3.63, 3.8) is 0 Å². The average molecular weight is 294 g/mol. The van der Waals surface area contributed by atoms with Crippen molar-refractivity contribution in [1.82, 2.24) is 20.5 Å². The first-order valence-electron chi connectivity index (χ1n) is 7.73. The van der Waals surface area contributed by atoms with E-state index in [4.69, 9.17) is 0 Å². The molecule has 3 N–H and O–H groups in total. The highest BCUT2D eigenvalue weighted by molar-refractivity contribution is 5.99. The van der Waals surface area contributed by atoms with Gasteiger partial charge in [-0.2, -0.15) is 5.10 Å². The van der Waals surface area contributed by atoms with Gasteiger partial charge < -0.3 is 10.3 Å². The largest absolute Gasteiger partial charge is 0.353 e. The number of nitrogens with one attached hydrogen (secondary N) is 3. The number of hydrogen-bond donors (Lipinski definition) is 3. The number of hydrogen-bond acceptors (Lipinski definition) is 2. The predicted molar refractivity (Wildman–Crippen MR) is 85.6 cm³/mol. The normalized spacial score (nSPS) is 15.5. The average Bonchev–Trinajstić information content (AvgIpc) is 3.26. The van der Waals surface area contributed by atoms with Crippen LogP contribution in [0, 0.1) is 0 Å². The molecule has 0 atom stereocenters. The summed E-state index contributed by atoms with van der Waals surface area (Å²) in [5, 5.41) is 11.1. The van der Waals surface area contributed by atoms with Crippen LogP contribution >= 0.6 is 0 Å². The number of rotatable bonds is 3. The predicted octanol–water partition coefficient (Wildman–Crippen LogP) is 3.23. The topological polar surface area (TPSA) is 73.6 Å². The zero-order valence-electron chi connectivity index (χ0n) is 12.2. The van der Waals surface area contributed by atoms with Gasteiger partial charge in [-0.05, 0) is 43.2 Å². The summed E-state index contributed by atoms with van der Waals surface area (Å²) in [6, 6.07) is 10.1. The molecule has 0 bridgehead atoms. The lowest BCUT2D eigenvalue weighted by atomic mass is 10.1. The van der Waals surface area contributed by atoms with E-state index in [1.165, 1.54) is 12.8 Å². The lowest BCUT2D eigenvalue weighted by Gasteiger charge is -2.11. The third-order valence-electron chi connectivity index (χ3n) is 4.36. The van der Waals surface area contributed by atoms with Gasteiger partial charge in [0.25, 0.3) is 5.91 Å². The van der Waals surface area contributed by atoms with Crippen LogP contribution in [-0.2, 0) is 0 Å². The van der Waals surface area contributed by atoms with Crippen molar-refractivity contribution in [2.24, 2.45) is 0 Å². The zero-order valence-corrected chi connectivity index (χ0v) is 12.2. The summed E-state index contributed by atoms with van der Waals surface area (Å²) in [4.78, 5) is 15.7. The Morgan fingerprint density at radius 1 is 1.14 bits per heavy atom. The highest BCUT2D eigenvalue weighted by Crippen LogP contribution is 2.24. The summed E-state index contributed by atoms with van der Waals surface area (Å²) >= 11 is 0. The summed E-state index contributed by atoms with van der Waals surface area (Å²) in [5.41, 5.74) is 3.64. The molecule has 4 rings (SSSR count). The Balaban J connectivity index is 1.61. The van der Waals surface area contributed by atoms with E-state index >= 15 is 0 Å². The molecule has 1 fully saturated rings. The van der Waals surface area contributed by atoms with Crippen molar-refractivity contribution in [3.8, 4) is 11.4 Å². The van der Waals surface area contributed by atoms with E-state index < -0.39 is 0 Å². The van der Waals surface area contributed by atoms with Crippen molar-refractivity contribution in [1.29, 1.82) is 0 Å².